The smallest absolute Gasteiger partial charge is 0.179 e. The van der Waals surface area contributed by atoms with Crippen molar-refractivity contribution < 1.29 is 9.47 Å². The molecule has 0 aliphatic heterocycles. The molecule has 0 saturated carbocycles. The van der Waals surface area contributed by atoms with E-state index in [0.29, 0.717) is 29.7 Å². The third-order valence-electron chi connectivity index (χ3n) is 2.47. The first-order valence-electron chi connectivity index (χ1n) is 5.92. The third kappa shape index (κ3) is 4.10. The molecule has 0 spiro atoms. The highest BCUT2D eigenvalue weighted by molar-refractivity contribution is 6.32. The van der Waals surface area contributed by atoms with Gasteiger partial charge in [-0.15, -0.1) is 0 Å². The lowest BCUT2D eigenvalue weighted by atomic mass is 10.1. The molecule has 0 saturated heterocycles. The van der Waals surface area contributed by atoms with Crippen molar-refractivity contribution in [1.82, 2.24) is 0 Å². The molecular weight excluding hydrogens is 238 g/mol. The van der Waals surface area contributed by atoms with Crippen molar-refractivity contribution in [3.8, 4) is 11.5 Å². The topological polar surface area (TPSA) is 44.5 Å². The van der Waals surface area contributed by atoms with E-state index in [1.54, 1.807) is 7.11 Å². The summed E-state index contributed by atoms with van der Waals surface area (Å²) in [4.78, 5) is 0. The Balaban J connectivity index is 2.87. The summed E-state index contributed by atoms with van der Waals surface area (Å²) in [6.07, 6.45) is 2.88. The van der Waals surface area contributed by atoms with Crippen LogP contribution in [0, 0.1) is 0 Å². The highest BCUT2D eigenvalue weighted by Gasteiger charge is 2.11. The zero-order valence-electron chi connectivity index (χ0n) is 10.5. The molecule has 0 heterocycles. The molecule has 0 radical (unpaired) electrons. The van der Waals surface area contributed by atoms with Gasteiger partial charge in [-0.3, -0.25) is 0 Å². The van der Waals surface area contributed by atoms with Crippen LogP contribution in [0.25, 0.3) is 0 Å². The normalized spacial score (nSPS) is 10.4. The van der Waals surface area contributed by atoms with Crippen LogP contribution >= 0.6 is 11.6 Å². The minimum absolute atomic E-state index is 0.587. The third-order valence-corrected chi connectivity index (χ3v) is 2.75. The zero-order chi connectivity index (χ0) is 12.7. The van der Waals surface area contributed by atoms with E-state index in [1.807, 2.05) is 12.1 Å². The first-order chi connectivity index (χ1) is 8.22. The SMILES string of the molecule is CCCCOc1c(Cl)cc(CCN)cc1OC. The lowest BCUT2D eigenvalue weighted by Gasteiger charge is -2.13. The summed E-state index contributed by atoms with van der Waals surface area (Å²) in [5.74, 6) is 1.31. The number of hydrogen-bond donors (Lipinski definition) is 1. The van der Waals surface area contributed by atoms with E-state index in [-0.39, 0.29) is 0 Å². The van der Waals surface area contributed by atoms with Crippen LogP contribution in [0.5, 0.6) is 11.5 Å². The second-order valence-electron chi connectivity index (χ2n) is 3.85. The van der Waals surface area contributed by atoms with Crippen LogP contribution in [0.15, 0.2) is 12.1 Å². The summed E-state index contributed by atoms with van der Waals surface area (Å²) >= 11 is 6.18. The van der Waals surface area contributed by atoms with Gasteiger partial charge in [0.05, 0.1) is 18.7 Å². The molecule has 1 rings (SSSR count). The van der Waals surface area contributed by atoms with E-state index < -0.39 is 0 Å². The van der Waals surface area contributed by atoms with Gasteiger partial charge in [0.1, 0.15) is 0 Å². The largest absolute Gasteiger partial charge is 0.493 e. The molecule has 2 N–H and O–H groups in total. The highest BCUT2D eigenvalue weighted by atomic mass is 35.5. The molecule has 4 heteroatoms. The number of halogens is 1. The van der Waals surface area contributed by atoms with Gasteiger partial charge in [0.25, 0.3) is 0 Å². The van der Waals surface area contributed by atoms with Crippen molar-refractivity contribution in [2.24, 2.45) is 5.73 Å². The second kappa shape index (κ2) is 7.41. The molecule has 0 unspecified atom stereocenters. The monoisotopic (exact) mass is 257 g/mol. The van der Waals surface area contributed by atoms with Gasteiger partial charge in [0.15, 0.2) is 11.5 Å². The maximum atomic E-state index is 6.18. The predicted octanol–water partition coefficient (Wildman–Crippen LogP) is 3.03. The van der Waals surface area contributed by atoms with Gasteiger partial charge < -0.3 is 15.2 Å². The number of benzene rings is 1. The van der Waals surface area contributed by atoms with Crippen molar-refractivity contribution in [2.45, 2.75) is 26.2 Å². The predicted molar refractivity (Wildman–Crippen MR) is 71.2 cm³/mol. The van der Waals surface area contributed by atoms with Crippen molar-refractivity contribution in [1.29, 1.82) is 0 Å². The maximum Gasteiger partial charge on any atom is 0.179 e. The van der Waals surface area contributed by atoms with E-state index in [4.69, 9.17) is 26.8 Å². The van der Waals surface area contributed by atoms with Crippen molar-refractivity contribution in [3.63, 3.8) is 0 Å². The van der Waals surface area contributed by atoms with Gasteiger partial charge in [0.2, 0.25) is 0 Å². The summed E-state index contributed by atoms with van der Waals surface area (Å²) in [6.45, 7) is 3.37. The average Bonchev–Trinajstić information content (AvgIpc) is 2.32. The van der Waals surface area contributed by atoms with Crippen LogP contribution in [0.1, 0.15) is 25.3 Å². The first kappa shape index (κ1) is 14.1. The highest BCUT2D eigenvalue weighted by Crippen LogP contribution is 2.36. The van der Waals surface area contributed by atoms with Gasteiger partial charge in [0, 0.05) is 0 Å². The van der Waals surface area contributed by atoms with Crippen molar-refractivity contribution >= 4 is 11.6 Å². The standard InChI is InChI=1S/C13H20ClNO2/c1-3-4-7-17-13-11(14)8-10(5-6-15)9-12(13)16-2/h8-9H,3-7,15H2,1-2H3. The van der Waals surface area contributed by atoms with Crippen molar-refractivity contribution in [2.75, 3.05) is 20.3 Å². The Labute approximate surface area is 108 Å². The quantitative estimate of drug-likeness (QED) is 0.764. The number of nitrogens with two attached hydrogens (primary N) is 1. The number of rotatable bonds is 7. The summed E-state index contributed by atoms with van der Waals surface area (Å²) in [5, 5.41) is 0.587. The Morgan fingerprint density at radius 3 is 2.71 bits per heavy atom. The molecule has 0 atom stereocenters. The second-order valence-corrected chi connectivity index (χ2v) is 4.26. The Bertz CT molecular complexity index is 356. The maximum absolute atomic E-state index is 6.18. The molecule has 3 nitrogen and oxygen atoms in total. The molecule has 17 heavy (non-hydrogen) atoms. The van der Waals surface area contributed by atoms with E-state index in [1.165, 1.54) is 0 Å². The molecule has 0 aromatic heterocycles. The van der Waals surface area contributed by atoms with E-state index in [9.17, 15) is 0 Å². The van der Waals surface area contributed by atoms with Crippen LogP contribution in [-0.4, -0.2) is 20.3 Å². The number of ether oxygens (including phenoxy) is 2. The molecule has 1 aromatic carbocycles. The van der Waals surface area contributed by atoms with E-state index in [2.05, 4.69) is 6.92 Å². The van der Waals surface area contributed by atoms with Crippen molar-refractivity contribution in [3.05, 3.63) is 22.7 Å². The number of hydrogen-bond acceptors (Lipinski definition) is 3. The Hall–Kier alpha value is -0.930. The zero-order valence-corrected chi connectivity index (χ0v) is 11.2. The Morgan fingerprint density at radius 1 is 1.35 bits per heavy atom. The summed E-state index contributed by atoms with van der Waals surface area (Å²) in [5.41, 5.74) is 6.59. The lowest BCUT2D eigenvalue weighted by Crippen LogP contribution is -2.04. The van der Waals surface area contributed by atoms with Crippen LogP contribution in [0.4, 0.5) is 0 Å². The van der Waals surface area contributed by atoms with Gasteiger partial charge >= 0.3 is 0 Å². The molecule has 0 aliphatic carbocycles. The van der Waals surface area contributed by atoms with E-state index >= 15 is 0 Å². The minimum Gasteiger partial charge on any atom is -0.493 e. The Kier molecular flexibility index (Phi) is 6.16. The lowest BCUT2D eigenvalue weighted by molar-refractivity contribution is 0.288. The molecule has 96 valence electrons. The molecule has 0 fully saturated rings. The van der Waals surface area contributed by atoms with E-state index in [0.717, 1.165) is 24.8 Å². The number of methoxy groups -OCH3 is 1. The minimum atomic E-state index is 0.587. The first-order valence-corrected chi connectivity index (χ1v) is 6.30. The fourth-order valence-corrected chi connectivity index (χ4v) is 1.83. The van der Waals surface area contributed by atoms with Gasteiger partial charge in [-0.2, -0.15) is 0 Å². The van der Waals surface area contributed by atoms with Crippen LogP contribution in [0.3, 0.4) is 0 Å². The molecule has 1 aromatic rings. The molecule has 0 bridgehead atoms. The summed E-state index contributed by atoms with van der Waals surface area (Å²) in [7, 11) is 1.62. The van der Waals surface area contributed by atoms with Gasteiger partial charge in [-0.1, -0.05) is 24.9 Å². The van der Waals surface area contributed by atoms with Crippen LogP contribution in [-0.2, 0) is 6.42 Å². The fourth-order valence-electron chi connectivity index (χ4n) is 1.54. The van der Waals surface area contributed by atoms with Crippen LogP contribution in [0.2, 0.25) is 5.02 Å². The van der Waals surface area contributed by atoms with Gasteiger partial charge in [-0.05, 0) is 37.1 Å². The molecule has 0 amide bonds. The molecular formula is C13H20ClNO2. The average molecular weight is 258 g/mol. The summed E-state index contributed by atoms with van der Waals surface area (Å²) < 4.78 is 10.9. The Morgan fingerprint density at radius 2 is 2.12 bits per heavy atom. The number of unbranched alkanes of at least 4 members (excludes halogenated alkanes) is 1. The molecule has 0 aliphatic rings. The van der Waals surface area contributed by atoms with Crippen LogP contribution < -0.4 is 15.2 Å². The fraction of sp³-hybridized carbons (Fsp3) is 0.538. The van der Waals surface area contributed by atoms with Gasteiger partial charge in [-0.25, -0.2) is 0 Å². The summed E-state index contributed by atoms with van der Waals surface area (Å²) in [6, 6.07) is 3.82.